The number of rotatable bonds is 13. The Morgan fingerprint density at radius 3 is 2.47 bits per heavy atom. The van der Waals surface area contributed by atoms with Crippen LogP contribution in [0.3, 0.4) is 0 Å². The lowest BCUT2D eigenvalue weighted by molar-refractivity contribution is -0.137. The number of ketones is 1. The Hall–Kier alpha value is -5.13. The van der Waals surface area contributed by atoms with Gasteiger partial charge in [-0.25, -0.2) is 4.68 Å². The van der Waals surface area contributed by atoms with Gasteiger partial charge in [0.2, 0.25) is 5.91 Å². The highest BCUT2D eigenvalue weighted by atomic mass is 16.5. The molecule has 0 aliphatic carbocycles. The van der Waals surface area contributed by atoms with E-state index in [1.54, 1.807) is 9.58 Å². The maximum atomic E-state index is 13.7. The van der Waals surface area contributed by atoms with Crippen LogP contribution < -0.4 is 4.90 Å². The molecule has 3 amide bonds. The molecule has 0 N–H and O–H groups in total. The van der Waals surface area contributed by atoms with Crippen LogP contribution in [0, 0.1) is 0 Å². The first-order valence-corrected chi connectivity index (χ1v) is 14.0. The first-order chi connectivity index (χ1) is 21.0. The number of azide groups is 1. The summed E-state index contributed by atoms with van der Waals surface area (Å²) in [5.74, 6) is -1.07. The van der Waals surface area contributed by atoms with Crippen LogP contribution in [0.4, 0.5) is 5.69 Å². The zero-order chi connectivity index (χ0) is 30.2. The van der Waals surface area contributed by atoms with Crippen molar-refractivity contribution in [3.05, 3.63) is 76.7 Å². The average molecular weight is 583 g/mol. The maximum Gasteiger partial charge on any atom is 0.253 e. The predicted octanol–water partition coefficient (Wildman–Crippen LogP) is 3.84. The minimum atomic E-state index is -0.414. The van der Waals surface area contributed by atoms with Crippen molar-refractivity contribution in [3.8, 4) is 22.5 Å². The molecule has 0 unspecified atom stereocenters. The topological polar surface area (TPSA) is 163 Å². The number of imide groups is 1. The highest BCUT2D eigenvalue weighted by Crippen LogP contribution is 2.41. The van der Waals surface area contributed by atoms with E-state index >= 15 is 0 Å². The third-order valence-corrected chi connectivity index (χ3v) is 7.29. The molecule has 3 heterocycles. The van der Waals surface area contributed by atoms with Crippen LogP contribution in [-0.2, 0) is 37.0 Å². The third kappa shape index (κ3) is 6.69. The van der Waals surface area contributed by atoms with Crippen molar-refractivity contribution in [1.82, 2.24) is 19.9 Å². The molecule has 2 aliphatic heterocycles. The van der Waals surface area contributed by atoms with E-state index in [2.05, 4.69) is 20.3 Å². The number of aromatic nitrogens is 3. The Morgan fingerprint density at radius 1 is 0.930 bits per heavy atom. The second-order valence-corrected chi connectivity index (χ2v) is 10.0. The van der Waals surface area contributed by atoms with Crippen molar-refractivity contribution in [3.63, 3.8) is 0 Å². The molecule has 0 saturated carbocycles. The number of hydrogen-bond acceptors (Lipinski definition) is 8. The zero-order valence-electron chi connectivity index (χ0n) is 23.5. The molecule has 13 nitrogen and oxygen atoms in total. The van der Waals surface area contributed by atoms with Crippen molar-refractivity contribution >= 4 is 29.2 Å². The number of carbonyl (C=O) groups excluding carboxylic acids is 4. The van der Waals surface area contributed by atoms with Crippen molar-refractivity contribution in [2.24, 2.45) is 5.11 Å². The standard InChI is InChI=1S/C30H30N8O5/c31-34-32-15-18-43-19-17-38-30-23-8-2-1-6-21(23)20-37(25-10-4-3-9-24(25)29(30)33-35-38)26(40)11-5-7-22(39)14-16-36-27(41)12-13-28(36)42/h1-4,6,8-10,12-13H,5,7,11,14-20H2. The van der Waals surface area contributed by atoms with Crippen LogP contribution in [-0.4, -0.2) is 69.7 Å². The highest BCUT2D eigenvalue weighted by molar-refractivity contribution is 6.13. The van der Waals surface area contributed by atoms with Gasteiger partial charge in [-0.3, -0.25) is 24.1 Å². The molecular formula is C30H30N8O5. The van der Waals surface area contributed by atoms with E-state index in [1.165, 1.54) is 12.2 Å². The molecule has 0 saturated heterocycles. The number of ether oxygens (including phenoxy) is 1. The van der Waals surface area contributed by atoms with E-state index in [4.69, 9.17) is 10.3 Å². The van der Waals surface area contributed by atoms with Gasteiger partial charge in [-0.05, 0) is 23.6 Å². The Morgan fingerprint density at radius 2 is 1.67 bits per heavy atom. The van der Waals surface area contributed by atoms with Crippen molar-refractivity contribution in [1.29, 1.82) is 0 Å². The number of Topliss-reactive ketones (excluding diaryl/α,β-unsaturated/α-hetero) is 1. The largest absolute Gasteiger partial charge is 0.379 e. The van der Waals surface area contributed by atoms with E-state index in [9.17, 15) is 19.2 Å². The van der Waals surface area contributed by atoms with Gasteiger partial charge in [-0.15, -0.1) is 5.10 Å². The van der Waals surface area contributed by atoms with Crippen LogP contribution in [0.2, 0.25) is 0 Å². The molecule has 220 valence electrons. The number of fused-ring (bicyclic) bond motifs is 5. The van der Waals surface area contributed by atoms with Gasteiger partial charge in [0.15, 0.2) is 0 Å². The fourth-order valence-corrected chi connectivity index (χ4v) is 5.18. The minimum Gasteiger partial charge on any atom is -0.379 e. The van der Waals surface area contributed by atoms with E-state index in [0.29, 0.717) is 44.1 Å². The maximum absolute atomic E-state index is 13.7. The van der Waals surface area contributed by atoms with Crippen LogP contribution in [0.5, 0.6) is 0 Å². The number of nitrogens with zero attached hydrogens (tertiary/aromatic N) is 8. The summed E-state index contributed by atoms with van der Waals surface area (Å²) < 4.78 is 7.39. The molecule has 1 aromatic heterocycles. The second kappa shape index (κ2) is 13.7. The third-order valence-electron chi connectivity index (χ3n) is 7.29. The van der Waals surface area contributed by atoms with Crippen molar-refractivity contribution < 1.29 is 23.9 Å². The van der Waals surface area contributed by atoms with Gasteiger partial charge in [-0.2, -0.15) is 0 Å². The van der Waals surface area contributed by atoms with E-state index < -0.39 is 11.8 Å². The van der Waals surface area contributed by atoms with E-state index in [1.807, 2.05) is 48.5 Å². The van der Waals surface area contributed by atoms with Crippen LogP contribution >= 0.6 is 0 Å². The summed E-state index contributed by atoms with van der Waals surface area (Å²) in [5.41, 5.74) is 13.2. The van der Waals surface area contributed by atoms with Gasteiger partial charge < -0.3 is 9.64 Å². The fourth-order valence-electron chi connectivity index (χ4n) is 5.18. The minimum absolute atomic E-state index is 0.0403. The molecule has 5 rings (SSSR count). The summed E-state index contributed by atoms with van der Waals surface area (Å²) in [7, 11) is 0. The molecule has 0 spiro atoms. The molecule has 43 heavy (non-hydrogen) atoms. The van der Waals surface area contributed by atoms with E-state index in [-0.39, 0.29) is 44.0 Å². The molecule has 0 fully saturated rings. The average Bonchev–Trinajstić information content (AvgIpc) is 3.57. The molecule has 2 aliphatic rings. The van der Waals surface area contributed by atoms with Crippen LogP contribution in [0.25, 0.3) is 33.0 Å². The molecule has 0 atom stereocenters. The smallest absolute Gasteiger partial charge is 0.253 e. The Balaban J connectivity index is 1.31. The number of hydrogen-bond donors (Lipinski definition) is 0. The molecular weight excluding hydrogens is 552 g/mol. The fraction of sp³-hybridized carbons (Fsp3) is 0.333. The Kier molecular flexibility index (Phi) is 9.35. The number of anilines is 1. The first-order valence-electron chi connectivity index (χ1n) is 14.0. The van der Waals surface area contributed by atoms with Crippen LogP contribution in [0.15, 0.2) is 65.8 Å². The van der Waals surface area contributed by atoms with Crippen molar-refractivity contribution in [2.45, 2.75) is 38.8 Å². The molecule has 2 aromatic carbocycles. The summed E-state index contributed by atoms with van der Waals surface area (Å²) in [5, 5.41) is 12.4. The molecule has 13 heteroatoms. The monoisotopic (exact) mass is 582 g/mol. The lowest BCUT2D eigenvalue weighted by Crippen LogP contribution is -2.32. The number of para-hydroxylation sites is 1. The Bertz CT molecular complexity index is 1610. The second-order valence-electron chi connectivity index (χ2n) is 10.0. The molecule has 0 radical (unpaired) electrons. The lowest BCUT2D eigenvalue weighted by atomic mass is 9.95. The van der Waals surface area contributed by atoms with E-state index in [0.717, 1.165) is 27.3 Å². The van der Waals surface area contributed by atoms with Gasteiger partial charge in [0, 0.05) is 60.5 Å². The zero-order valence-corrected chi connectivity index (χ0v) is 23.5. The summed E-state index contributed by atoms with van der Waals surface area (Å²) in [6, 6.07) is 15.4. The number of amides is 3. The molecule has 3 aromatic rings. The molecule has 0 bridgehead atoms. The van der Waals surface area contributed by atoms with Gasteiger partial charge in [0.1, 0.15) is 11.5 Å². The van der Waals surface area contributed by atoms with Crippen molar-refractivity contribution in [2.75, 3.05) is 31.2 Å². The quantitative estimate of drug-likeness (QED) is 0.0971. The number of carbonyl (C=O) groups is 4. The SMILES string of the molecule is [N-]=[N+]=NCCOCCn1nnc2c1-c1ccccc1CN(C(=O)CCCC(=O)CCN1C(=O)C=CC1=O)c1ccccc1-2. The number of benzene rings is 2. The first kappa shape index (κ1) is 29.4. The van der Waals surface area contributed by atoms with Gasteiger partial charge in [-0.1, -0.05) is 52.8 Å². The summed E-state index contributed by atoms with van der Waals surface area (Å²) in [6.45, 7) is 1.70. The highest BCUT2D eigenvalue weighted by Gasteiger charge is 2.29. The van der Waals surface area contributed by atoms with Gasteiger partial charge >= 0.3 is 0 Å². The summed E-state index contributed by atoms with van der Waals surface area (Å²) >= 11 is 0. The predicted molar refractivity (Wildman–Crippen MR) is 156 cm³/mol. The Labute approximate surface area is 247 Å². The van der Waals surface area contributed by atoms with Gasteiger partial charge in [0.25, 0.3) is 11.8 Å². The van der Waals surface area contributed by atoms with Gasteiger partial charge in [0.05, 0.1) is 37.7 Å². The normalized spacial score (nSPS) is 13.6. The summed E-state index contributed by atoms with van der Waals surface area (Å²) in [4.78, 5) is 55.1. The summed E-state index contributed by atoms with van der Waals surface area (Å²) in [6.07, 6.45) is 3.12. The lowest BCUT2D eigenvalue weighted by Gasteiger charge is -2.28. The van der Waals surface area contributed by atoms with Crippen LogP contribution in [0.1, 0.15) is 31.2 Å².